The summed E-state index contributed by atoms with van der Waals surface area (Å²) < 4.78 is 30.4. The third-order valence-corrected chi connectivity index (χ3v) is 4.08. The second-order valence-corrected chi connectivity index (χ2v) is 6.04. The number of esters is 1. The molecule has 1 aliphatic heterocycles. The van der Waals surface area contributed by atoms with Crippen molar-refractivity contribution in [2.75, 3.05) is 12.8 Å². The summed E-state index contributed by atoms with van der Waals surface area (Å²) in [7, 11) is 0.339. The molecule has 0 atom stereocenters. The summed E-state index contributed by atoms with van der Waals surface area (Å²) in [6, 6.07) is 2.39. The molecule has 0 unspecified atom stereocenters. The standard InChI is InChI=1S/C14H19BFNO4/c1-13(2)14(3,4)21-15(20-13)9-7-11(17)8(6-10(9)16)12(18)19-5/h6-7H,17H2,1-5H3. The van der Waals surface area contributed by atoms with Crippen LogP contribution >= 0.6 is 0 Å². The van der Waals surface area contributed by atoms with Crippen LogP contribution in [0.4, 0.5) is 10.1 Å². The largest absolute Gasteiger partial charge is 0.497 e. The van der Waals surface area contributed by atoms with Gasteiger partial charge < -0.3 is 19.8 Å². The Labute approximate surface area is 123 Å². The first kappa shape index (κ1) is 15.8. The molecule has 1 saturated heterocycles. The van der Waals surface area contributed by atoms with E-state index in [9.17, 15) is 9.18 Å². The molecule has 0 aliphatic carbocycles. The Morgan fingerprint density at radius 3 is 2.24 bits per heavy atom. The van der Waals surface area contributed by atoms with E-state index in [1.54, 1.807) is 0 Å². The molecule has 7 heteroatoms. The summed E-state index contributed by atoms with van der Waals surface area (Å²) in [5.74, 6) is -1.31. The number of ether oxygens (including phenoxy) is 1. The van der Waals surface area contributed by atoms with Gasteiger partial charge in [0.25, 0.3) is 0 Å². The number of hydrogen-bond donors (Lipinski definition) is 1. The molecule has 2 N–H and O–H groups in total. The number of hydrogen-bond acceptors (Lipinski definition) is 5. The van der Waals surface area contributed by atoms with Crippen molar-refractivity contribution in [1.29, 1.82) is 0 Å². The average molecular weight is 295 g/mol. The van der Waals surface area contributed by atoms with E-state index in [-0.39, 0.29) is 16.7 Å². The summed E-state index contributed by atoms with van der Waals surface area (Å²) in [6.07, 6.45) is 0. The summed E-state index contributed by atoms with van der Waals surface area (Å²) in [5.41, 5.74) is 4.89. The summed E-state index contributed by atoms with van der Waals surface area (Å²) in [4.78, 5) is 11.5. The lowest BCUT2D eigenvalue weighted by Gasteiger charge is -2.32. The van der Waals surface area contributed by atoms with Crippen molar-refractivity contribution in [2.45, 2.75) is 38.9 Å². The lowest BCUT2D eigenvalue weighted by atomic mass is 9.78. The van der Waals surface area contributed by atoms with Crippen molar-refractivity contribution < 1.29 is 23.2 Å². The first-order chi connectivity index (χ1) is 9.59. The molecule has 21 heavy (non-hydrogen) atoms. The molecular formula is C14H19BFNO4. The van der Waals surface area contributed by atoms with Crippen molar-refractivity contribution in [3.63, 3.8) is 0 Å². The molecule has 2 rings (SSSR count). The van der Waals surface area contributed by atoms with Crippen LogP contribution in [0.1, 0.15) is 38.1 Å². The van der Waals surface area contributed by atoms with E-state index in [0.717, 1.165) is 6.07 Å². The highest BCUT2D eigenvalue weighted by Crippen LogP contribution is 2.36. The van der Waals surface area contributed by atoms with Crippen LogP contribution in [0.5, 0.6) is 0 Å². The van der Waals surface area contributed by atoms with Gasteiger partial charge in [0.1, 0.15) is 5.82 Å². The normalized spacial score (nSPS) is 19.6. The maximum atomic E-state index is 14.3. The summed E-state index contributed by atoms with van der Waals surface area (Å²) in [6.45, 7) is 7.49. The lowest BCUT2D eigenvalue weighted by molar-refractivity contribution is 0.00578. The fourth-order valence-electron chi connectivity index (χ4n) is 2.05. The smallest absolute Gasteiger partial charge is 0.465 e. The van der Waals surface area contributed by atoms with Gasteiger partial charge in [-0.25, -0.2) is 9.18 Å². The van der Waals surface area contributed by atoms with E-state index in [2.05, 4.69) is 4.74 Å². The molecule has 0 saturated carbocycles. The molecule has 0 bridgehead atoms. The van der Waals surface area contributed by atoms with Crippen molar-refractivity contribution in [3.05, 3.63) is 23.5 Å². The van der Waals surface area contributed by atoms with Crippen molar-refractivity contribution in [1.82, 2.24) is 0 Å². The molecule has 1 heterocycles. The quantitative estimate of drug-likeness (QED) is 0.508. The molecular weight excluding hydrogens is 276 g/mol. The highest BCUT2D eigenvalue weighted by molar-refractivity contribution is 6.62. The van der Waals surface area contributed by atoms with E-state index in [1.165, 1.54) is 13.2 Å². The van der Waals surface area contributed by atoms with Crippen molar-refractivity contribution in [3.8, 4) is 0 Å². The molecule has 1 fully saturated rings. The Hall–Kier alpha value is -1.60. The minimum atomic E-state index is -0.871. The van der Waals surface area contributed by atoms with E-state index in [0.29, 0.717) is 0 Å². The molecule has 0 aromatic heterocycles. The minimum Gasteiger partial charge on any atom is -0.465 e. The topological polar surface area (TPSA) is 70.8 Å². The Bertz CT molecular complexity index is 573. The van der Waals surface area contributed by atoms with Crippen LogP contribution in [-0.4, -0.2) is 31.4 Å². The van der Waals surface area contributed by atoms with Crippen molar-refractivity contribution in [2.24, 2.45) is 0 Å². The lowest BCUT2D eigenvalue weighted by Crippen LogP contribution is -2.41. The first-order valence-corrected chi connectivity index (χ1v) is 6.62. The summed E-state index contributed by atoms with van der Waals surface area (Å²) in [5, 5.41) is 0. The molecule has 1 aliphatic rings. The van der Waals surface area contributed by atoms with E-state index >= 15 is 0 Å². The van der Waals surface area contributed by atoms with Crippen LogP contribution in [0.2, 0.25) is 0 Å². The Morgan fingerprint density at radius 1 is 1.24 bits per heavy atom. The molecule has 1 aromatic carbocycles. The zero-order chi connectivity index (χ0) is 16.0. The van der Waals surface area contributed by atoms with Crippen LogP contribution in [0, 0.1) is 5.82 Å². The maximum absolute atomic E-state index is 14.3. The number of nitrogens with two attached hydrogens (primary N) is 1. The zero-order valence-electron chi connectivity index (χ0n) is 12.8. The molecule has 5 nitrogen and oxygen atoms in total. The highest BCUT2D eigenvalue weighted by Gasteiger charge is 2.52. The molecule has 114 valence electrons. The van der Waals surface area contributed by atoms with Gasteiger partial charge in [0, 0.05) is 11.2 Å². The Kier molecular flexibility index (Phi) is 3.76. The van der Waals surface area contributed by atoms with Gasteiger partial charge in [0.15, 0.2) is 0 Å². The number of halogens is 1. The zero-order valence-corrected chi connectivity index (χ0v) is 12.8. The van der Waals surface area contributed by atoms with Gasteiger partial charge in [0.05, 0.1) is 23.9 Å². The fourth-order valence-corrected chi connectivity index (χ4v) is 2.05. The second-order valence-electron chi connectivity index (χ2n) is 6.04. The van der Waals surface area contributed by atoms with E-state index in [1.807, 2.05) is 27.7 Å². The van der Waals surface area contributed by atoms with Gasteiger partial charge in [-0.3, -0.25) is 0 Å². The Balaban J connectivity index is 2.39. The van der Waals surface area contributed by atoms with Gasteiger partial charge in [-0.1, -0.05) is 0 Å². The molecule has 0 spiro atoms. The third-order valence-electron chi connectivity index (χ3n) is 4.08. The second kappa shape index (κ2) is 5.00. The van der Waals surface area contributed by atoms with Crippen LogP contribution in [0.3, 0.4) is 0 Å². The van der Waals surface area contributed by atoms with E-state index in [4.69, 9.17) is 15.0 Å². The number of rotatable bonds is 2. The fraction of sp³-hybridized carbons (Fsp3) is 0.500. The van der Waals surface area contributed by atoms with Crippen LogP contribution in [-0.2, 0) is 14.0 Å². The number of carbonyl (C=O) groups is 1. The van der Waals surface area contributed by atoms with Gasteiger partial charge in [-0.2, -0.15) is 0 Å². The molecule has 1 aromatic rings. The van der Waals surface area contributed by atoms with Crippen LogP contribution < -0.4 is 11.2 Å². The predicted molar refractivity (Wildman–Crippen MR) is 77.9 cm³/mol. The number of anilines is 1. The number of benzene rings is 1. The average Bonchev–Trinajstić information content (AvgIpc) is 2.59. The SMILES string of the molecule is COC(=O)c1cc(F)c(B2OC(C)(C)C(C)(C)O2)cc1N. The molecule has 0 radical (unpaired) electrons. The van der Waals surface area contributed by atoms with Crippen LogP contribution in [0.25, 0.3) is 0 Å². The maximum Gasteiger partial charge on any atom is 0.497 e. The number of nitrogen functional groups attached to an aromatic ring is 1. The van der Waals surface area contributed by atoms with Gasteiger partial charge in [-0.15, -0.1) is 0 Å². The van der Waals surface area contributed by atoms with Crippen molar-refractivity contribution >= 4 is 24.2 Å². The Morgan fingerprint density at radius 2 is 1.76 bits per heavy atom. The van der Waals surface area contributed by atoms with Gasteiger partial charge >= 0.3 is 13.1 Å². The molecule has 0 amide bonds. The predicted octanol–water partition coefficient (Wildman–Crippen LogP) is 1.49. The summed E-state index contributed by atoms with van der Waals surface area (Å²) >= 11 is 0. The third kappa shape index (κ3) is 2.63. The van der Waals surface area contributed by atoms with Gasteiger partial charge in [0.2, 0.25) is 0 Å². The number of methoxy groups -OCH3 is 1. The van der Waals surface area contributed by atoms with Crippen LogP contribution in [0.15, 0.2) is 12.1 Å². The number of carbonyl (C=O) groups excluding carboxylic acids is 1. The van der Waals surface area contributed by atoms with Gasteiger partial charge in [-0.05, 0) is 39.8 Å². The first-order valence-electron chi connectivity index (χ1n) is 6.62. The monoisotopic (exact) mass is 295 g/mol. The van der Waals surface area contributed by atoms with E-state index < -0.39 is 30.1 Å². The highest BCUT2D eigenvalue weighted by atomic mass is 19.1. The minimum absolute atomic E-state index is 0.0183.